The zero-order valence-electron chi connectivity index (χ0n) is 9.56. The van der Waals surface area contributed by atoms with E-state index in [0.717, 1.165) is 0 Å². The lowest BCUT2D eigenvalue weighted by Gasteiger charge is -2.10. The maximum Gasteiger partial charge on any atom is 0.254 e. The van der Waals surface area contributed by atoms with Gasteiger partial charge in [0.05, 0.1) is 22.9 Å². The normalized spacial score (nSPS) is 11.6. The molecule has 1 amide bonds. The van der Waals surface area contributed by atoms with Gasteiger partial charge in [-0.15, -0.1) is 0 Å². The summed E-state index contributed by atoms with van der Waals surface area (Å²) in [6.07, 6.45) is 1.43. The van der Waals surface area contributed by atoms with Gasteiger partial charge in [-0.05, 0) is 30.3 Å². The van der Waals surface area contributed by atoms with Crippen LogP contribution in [0.2, 0.25) is 10.0 Å². The van der Waals surface area contributed by atoms with Gasteiger partial charge in [-0.1, -0.05) is 23.2 Å². The molecule has 1 heterocycles. The number of nitriles is 1. The maximum atomic E-state index is 12.0. The Morgan fingerprint density at radius 1 is 1.37 bits per heavy atom. The highest BCUT2D eigenvalue weighted by molar-refractivity contribution is 6.36. The zero-order chi connectivity index (χ0) is 13.8. The van der Waals surface area contributed by atoms with E-state index in [4.69, 9.17) is 32.9 Å². The summed E-state index contributed by atoms with van der Waals surface area (Å²) in [5, 5.41) is 12.2. The summed E-state index contributed by atoms with van der Waals surface area (Å²) in [4.78, 5) is 12.0. The quantitative estimate of drug-likeness (QED) is 0.941. The highest BCUT2D eigenvalue weighted by Gasteiger charge is 2.19. The van der Waals surface area contributed by atoms with Crippen LogP contribution in [0.1, 0.15) is 22.2 Å². The van der Waals surface area contributed by atoms with Crippen molar-refractivity contribution in [2.75, 3.05) is 0 Å². The SMILES string of the molecule is N#CC(NC(=O)c1ccc(Cl)cc1Cl)c1ccco1. The lowest BCUT2D eigenvalue weighted by atomic mass is 10.2. The lowest BCUT2D eigenvalue weighted by molar-refractivity contribution is 0.0941. The molecule has 4 nitrogen and oxygen atoms in total. The van der Waals surface area contributed by atoms with E-state index in [1.165, 1.54) is 18.4 Å². The molecule has 0 fully saturated rings. The summed E-state index contributed by atoms with van der Waals surface area (Å²) in [5.41, 5.74) is 0.248. The first-order valence-electron chi connectivity index (χ1n) is 5.30. The van der Waals surface area contributed by atoms with Crippen molar-refractivity contribution >= 4 is 29.1 Å². The van der Waals surface area contributed by atoms with Crippen LogP contribution in [0.25, 0.3) is 0 Å². The average molecular weight is 295 g/mol. The van der Waals surface area contributed by atoms with Crippen LogP contribution < -0.4 is 5.32 Å². The number of halogens is 2. The molecule has 0 saturated carbocycles. The standard InChI is InChI=1S/C13H8Cl2N2O2/c14-8-3-4-9(10(15)6-8)13(18)17-11(7-16)12-2-1-5-19-12/h1-6,11H,(H,17,18). The van der Waals surface area contributed by atoms with Crippen molar-refractivity contribution in [3.63, 3.8) is 0 Å². The Kier molecular flexibility index (Phi) is 4.10. The van der Waals surface area contributed by atoms with E-state index in [1.54, 1.807) is 18.2 Å². The summed E-state index contributed by atoms with van der Waals surface area (Å²) >= 11 is 11.7. The summed E-state index contributed by atoms with van der Waals surface area (Å²) < 4.78 is 5.08. The second-order valence-electron chi connectivity index (χ2n) is 3.68. The third-order valence-electron chi connectivity index (χ3n) is 2.41. The van der Waals surface area contributed by atoms with E-state index >= 15 is 0 Å². The van der Waals surface area contributed by atoms with Crippen LogP contribution in [0.3, 0.4) is 0 Å². The molecular formula is C13H8Cl2N2O2. The van der Waals surface area contributed by atoms with E-state index in [2.05, 4.69) is 5.32 Å². The van der Waals surface area contributed by atoms with Gasteiger partial charge in [0.1, 0.15) is 5.76 Å². The second kappa shape index (κ2) is 5.79. The van der Waals surface area contributed by atoms with Gasteiger partial charge in [0.15, 0.2) is 6.04 Å². The van der Waals surface area contributed by atoms with E-state index in [9.17, 15) is 4.79 Å². The number of furan rings is 1. The van der Waals surface area contributed by atoms with Crippen molar-refractivity contribution in [1.29, 1.82) is 5.26 Å². The number of nitrogens with zero attached hydrogens (tertiary/aromatic N) is 1. The van der Waals surface area contributed by atoms with Crippen LogP contribution in [-0.4, -0.2) is 5.91 Å². The molecule has 19 heavy (non-hydrogen) atoms. The first-order chi connectivity index (χ1) is 9.11. The third-order valence-corrected chi connectivity index (χ3v) is 2.96. The largest absolute Gasteiger partial charge is 0.466 e. The Morgan fingerprint density at radius 2 is 2.16 bits per heavy atom. The fraction of sp³-hybridized carbons (Fsp3) is 0.0769. The number of rotatable bonds is 3. The Morgan fingerprint density at radius 3 is 2.74 bits per heavy atom. The van der Waals surface area contributed by atoms with Crippen LogP contribution >= 0.6 is 23.2 Å². The van der Waals surface area contributed by atoms with Gasteiger partial charge in [0.25, 0.3) is 5.91 Å². The number of hydrogen-bond acceptors (Lipinski definition) is 3. The molecule has 6 heteroatoms. The van der Waals surface area contributed by atoms with Gasteiger partial charge >= 0.3 is 0 Å². The molecule has 1 N–H and O–H groups in total. The number of nitrogens with one attached hydrogen (secondary N) is 1. The lowest BCUT2D eigenvalue weighted by Crippen LogP contribution is -2.27. The van der Waals surface area contributed by atoms with Crippen molar-refractivity contribution in [2.24, 2.45) is 0 Å². The fourth-order valence-corrected chi connectivity index (χ4v) is 2.00. The van der Waals surface area contributed by atoms with Crippen LogP contribution in [0.15, 0.2) is 41.0 Å². The third kappa shape index (κ3) is 3.08. The van der Waals surface area contributed by atoms with Crippen molar-refractivity contribution in [2.45, 2.75) is 6.04 Å². The highest BCUT2D eigenvalue weighted by Crippen LogP contribution is 2.22. The molecule has 0 aliphatic carbocycles. The summed E-state index contributed by atoms with van der Waals surface area (Å²) in [7, 11) is 0. The average Bonchev–Trinajstić information content (AvgIpc) is 2.89. The fourth-order valence-electron chi connectivity index (χ4n) is 1.51. The van der Waals surface area contributed by atoms with Crippen LogP contribution in [-0.2, 0) is 0 Å². The molecule has 0 bridgehead atoms. The Labute approximate surface area is 119 Å². The number of hydrogen-bond donors (Lipinski definition) is 1. The Balaban J connectivity index is 2.19. The number of carbonyl (C=O) groups is 1. The minimum absolute atomic E-state index is 0.223. The molecule has 0 radical (unpaired) electrons. The van der Waals surface area contributed by atoms with Crippen molar-refractivity contribution < 1.29 is 9.21 Å². The molecule has 96 valence electrons. The van der Waals surface area contributed by atoms with Crippen molar-refractivity contribution in [1.82, 2.24) is 5.32 Å². The molecule has 0 aliphatic rings. The predicted octanol–water partition coefficient (Wildman–Crippen LogP) is 3.58. The second-order valence-corrected chi connectivity index (χ2v) is 4.52. The molecule has 2 aromatic rings. The molecule has 0 saturated heterocycles. The van der Waals surface area contributed by atoms with Crippen LogP contribution in [0.5, 0.6) is 0 Å². The first-order valence-corrected chi connectivity index (χ1v) is 6.06. The molecule has 1 aromatic carbocycles. The Hall–Kier alpha value is -1.96. The Bertz CT molecular complexity index is 633. The molecular weight excluding hydrogens is 287 g/mol. The zero-order valence-corrected chi connectivity index (χ0v) is 11.1. The maximum absolute atomic E-state index is 12.0. The first kappa shape index (κ1) is 13.5. The van der Waals surface area contributed by atoms with Crippen molar-refractivity contribution in [3.05, 3.63) is 58.0 Å². The minimum atomic E-state index is -0.866. The van der Waals surface area contributed by atoms with E-state index in [0.29, 0.717) is 10.8 Å². The van der Waals surface area contributed by atoms with E-state index < -0.39 is 11.9 Å². The minimum Gasteiger partial charge on any atom is -0.466 e. The molecule has 1 unspecified atom stereocenters. The molecule has 1 atom stereocenters. The van der Waals surface area contributed by atoms with Gasteiger partial charge < -0.3 is 9.73 Å². The molecule has 0 aliphatic heterocycles. The van der Waals surface area contributed by atoms with Crippen molar-refractivity contribution in [3.8, 4) is 6.07 Å². The van der Waals surface area contributed by atoms with Gasteiger partial charge in [-0.2, -0.15) is 5.26 Å². The van der Waals surface area contributed by atoms with Gasteiger partial charge in [-0.25, -0.2) is 0 Å². The molecule has 1 aromatic heterocycles. The highest BCUT2D eigenvalue weighted by atomic mass is 35.5. The van der Waals surface area contributed by atoms with Crippen LogP contribution in [0, 0.1) is 11.3 Å². The smallest absolute Gasteiger partial charge is 0.254 e. The number of carbonyl (C=O) groups excluding carboxylic acids is 1. The van der Waals surface area contributed by atoms with Gasteiger partial charge in [-0.3, -0.25) is 4.79 Å². The van der Waals surface area contributed by atoms with Crippen LogP contribution in [0.4, 0.5) is 0 Å². The number of benzene rings is 1. The summed E-state index contributed by atoms with van der Waals surface area (Å²) in [6, 6.07) is 8.84. The summed E-state index contributed by atoms with van der Waals surface area (Å²) in [5.74, 6) is -0.106. The van der Waals surface area contributed by atoms with E-state index in [1.807, 2.05) is 6.07 Å². The molecule has 2 rings (SSSR count). The topological polar surface area (TPSA) is 66.0 Å². The van der Waals surface area contributed by atoms with E-state index in [-0.39, 0.29) is 10.6 Å². The van der Waals surface area contributed by atoms with Gasteiger partial charge in [0, 0.05) is 5.02 Å². The predicted molar refractivity (Wildman–Crippen MR) is 71.0 cm³/mol. The monoisotopic (exact) mass is 294 g/mol. The van der Waals surface area contributed by atoms with Gasteiger partial charge in [0.2, 0.25) is 0 Å². The summed E-state index contributed by atoms with van der Waals surface area (Å²) in [6.45, 7) is 0. The molecule has 0 spiro atoms. The number of amides is 1.